The smallest absolute Gasteiger partial charge is 0.148 e. The number of benzene rings is 2. The number of hydrogen-bond acceptors (Lipinski definition) is 4. The predicted molar refractivity (Wildman–Crippen MR) is 85.9 cm³/mol. The summed E-state index contributed by atoms with van der Waals surface area (Å²) in [5.41, 5.74) is 2.28. The van der Waals surface area contributed by atoms with Crippen molar-refractivity contribution in [3.8, 4) is 12.1 Å². The van der Waals surface area contributed by atoms with E-state index in [1.807, 2.05) is 66.7 Å². The molecule has 4 heteroatoms. The van der Waals surface area contributed by atoms with Gasteiger partial charge in [0, 0.05) is 6.54 Å². The van der Waals surface area contributed by atoms with Crippen molar-refractivity contribution in [2.75, 3.05) is 0 Å². The van der Waals surface area contributed by atoms with Crippen LogP contribution in [0.5, 0.6) is 0 Å². The minimum atomic E-state index is -0.700. The highest BCUT2D eigenvalue weighted by Gasteiger charge is 2.14. The summed E-state index contributed by atoms with van der Waals surface area (Å²) in [7, 11) is 0. The molecule has 0 aliphatic heterocycles. The predicted octanol–water partition coefficient (Wildman–Crippen LogP) is 2.83. The summed E-state index contributed by atoms with van der Waals surface area (Å²) >= 11 is 0. The van der Waals surface area contributed by atoms with Crippen LogP contribution < -0.4 is 5.32 Å². The van der Waals surface area contributed by atoms with Gasteiger partial charge in [-0.15, -0.1) is 0 Å². The maximum absolute atomic E-state index is 9.26. The number of hydrogen-bond donors (Lipinski definition) is 1. The van der Waals surface area contributed by atoms with Gasteiger partial charge >= 0.3 is 0 Å². The van der Waals surface area contributed by atoms with Gasteiger partial charge in [0.15, 0.2) is 0 Å². The van der Waals surface area contributed by atoms with Gasteiger partial charge in [-0.3, -0.25) is 10.3 Å². The Morgan fingerprint density at radius 3 is 2.09 bits per heavy atom. The van der Waals surface area contributed by atoms with E-state index in [4.69, 9.17) is 0 Å². The minimum absolute atomic E-state index is 0.210. The van der Waals surface area contributed by atoms with E-state index in [1.165, 1.54) is 0 Å². The van der Waals surface area contributed by atoms with E-state index in [9.17, 15) is 10.5 Å². The molecule has 2 rings (SSSR count). The lowest BCUT2D eigenvalue weighted by Crippen LogP contribution is -2.34. The Hall–Kier alpha value is -2.95. The van der Waals surface area contributed by atoms with Crippen molar-refractivity contribution in [1.82, 2.24) is 5.32 Å². The zero-order chi connectivity index (χ0) is 15.6. The fourth-order valence-electron chi connectivity index (χ4n) is 1.97. The van der Waals surface area contributed by atoms with Crippen molar-refractivity contribution in [3.05, 3.63) is 71.8 Å². The SMILES string of the molecule is N#CC(=NCc1ccccc1)C(C#N)NCc1ccccc1. The Labute approximate surface area is 130 Å². The van der Waals surface area contributed by atoms with E-state index in [-0.39, 0.29) is 5.71 Å². The lowest BCUT2D eigenvalue weighted by atomic mass is 10.1. The van der Waals surface area contributed by atoms with Crippen LogP contribution in [0, 0.1) is 22.7 Å². The quantitative estimate of drug-likeness (QED) is 0.831. The van der Waals surface area contributed by atoms with Crippen molar-refractivity contribution in [2.24, 2.45) is 4.99 Å². The summed E-state index contributed by atoms with van der Waals surface area (Å²) in [6, 6.07) is 22.8. The molecule has 2 aromatic carbocycles. The van der Waals surface area contributed by atoms with E-state index in [1.54, 1.807) is 0 Å². The molecule has 0 aromatic heterocycles. The molecule has 0 fully saturated rings. The topological polar surface area (TPSA) is 72.0 Å². The highest BCUT2D eigenvalue weighted by molar-refractivity contribution is 6.04. The van der Waals surface area contributed by atoms with E-state index in [2.05, 4.69) is 16.4 Å². The van der Waals surface area contributed by atoms with Crippen LogP contribution in [-0.4, -0.2) is 11.8 Å². The van der Waals surface area contributed by atoms with Crippen LogP contribution in [0.15, 0.2) is 65.7 Å². The van der Waals surface area contributed by atoms with Crippen LogP contribution in [0.3, 0.4) is 0 Å². The van der Waals surface area contributed by atoms with E-state index < -0.39 is 6.04 Å². The molecule has 0 spiro atoms. The molecule has 0 aliphatic carbocycles. The van der Waals surface area contributed by atoms with Crippen LogP contribution in [0.1, 0.15) is 11.1 Å². The number of rotatable bonds is 6. The Balaban J connectivity index is 2.01. The molecule has 4 nitrogen and oxygen atoms in total. The summed E-state index contributed by atoms with van der Waals surface area (Å²) in [5.74, 6) is 0. The van der Waals surface area contributed by atoms with Crippen molar-refractivity contribution in [1.29, 1.82) is 10.5 Å². The van der Waals surface area contributed by atoms with Gasteiger partial charge in [-0.25, -0.2) is 0 Å². The summed E-state index contributed by atoms with van der Waals surface area (Å²) in [5, 5.41) is 21.5. The third-order valence-electron chi connectivity index (χ3n) is 3.15. The molecular weight excluding hydrogens is 272 g/mol. The standard InChI is InChI=1S/C18H16N4/c19-11-17(21-13-15-7-3-1-4-8-15)18(12-20)22-14-16-9-5-2-6-10-16/h1-10,17,21H,13-14H2. The molecule has 0 aliphatic rings. The molecule has 108 valence electrons. The molecule has 2 aromatic rings. The van der Waals surface area contributed by atoms with E-state index >= 15 is 0 Å². The molecule has 22 heavy (non-hydrogen) atoms. The van der Waals surface area contributed by atoms with Crippen LogP contribution >= 0.6 is 0 Å². The molecule has 1 N–H and O–H groups in total. The van der Waals surface area contributed by atoms with Gasteiger partial charge in [-0.2, -0.15) is 10.5 Å². The molecule has 0 bridgehead atoms. The first-order valence-corrected chi connectivity index (χ1v) is 6.99. The molecule has 0 radical (unpaired) electrons. The molecule has 0 saturated carbocycles. The second-order valence-corrected chi connectivity index (χ2v) is 4.73. The second kappa shape index (κ2) is 8.36. The maximum Gasteiger partial charge on any atom is 0.148 e. The fraction of sp³-hybridized carbons (Fsp3) is 0.167. The normalized spacial score (nSPS) is 12.2. The maximum atomic E-state index is 9.26. The third-order valence-corrected chi connectivity index (χ3v) is 3.15. The average molecular weight is 288 g/mol. The monoisotopic (exact) mass is 288 g/mol. The summed E-state index contributed by atoms with van der Waals surface area (Å²) in [6.45, 7) is 0.917. The van der Waals surface area contributed by atoms with Crippen molar-refractivity contribution < 1.29 is 0 Å². The van der Waals surface area contributed by atoms with Gasteiger partial charge in [0.2, 0.25) is 0 Å². The molecule has 1 unspecified atom stereocenters. The van der Waals surface area contributed by atoms with Gasteiger partial charge in [0.1, 0.15) is 17.8 Å². The first-order chi connectivity index (χ1) is 10.8. The Kier molecular flexibility index (Phi) is 5.87. The van der Waals surface area contributed by atoms with Gasteiger partial charge in [0.05, 0.1) is 12.6 Å². The zero-order valence-corrected chi connectivity index (χ0v) is 12.1. The van der Waals surface area contributed by atoms with Crippen LogP contribution in [0.4, 0.5) is 0 Å². The lowest BCUT2D eigenvalue weighted by molar-refractivity contribution is 0.705. The van der Waals surface area contributed by atoms with Gasteiger partial charge in [0.25, 0.3) is 0 Å². The Morgan fingerprint density at radius 1 is 0.955 bits per heavy atom. The first kappa shape index (κ1) is 15.4. The lowest BCUT2D eigenvalue weighted by Gasteiger charge is -2.10. The highest BCUT2D eigenvalue weighted by Crippen LogP contribution is 2.03. The van der Waals surface area contributed by atoms with E-state index in [0.29, 0.717) is 13.1 Å². The fourth-order valence-corrected chi connectivity index (χ4v) is 1.97. The van der Waals surface area contributed by atoms with Crippen LogP contribution in [0.2, 0.25) is 0 Å². The summed E-state index contributed by atoms with van der Waals surface area (Å²) < 4.78 is 0. The van der Waals surface area contributed by atoms with Crippen molar-refractivity contribution in [3.63, 3.8) is 0 Å². The molecule has 0 heterocycles. The molecular formula is C18H16N4. The highest BCUT2D eigenvalue weighted by atomic mass is 14.9. The number of aliphatic imine (C=N–C) groups is 1. The van der Waals surface area contributed by atoms with Crippen LogP contribution in [0.25, 0.3) is 0 Å². The molecule has 1 atom stereocenters. The Morgan fingerprint density at radius 2 is 1.55 bits per heavy atom. The van der Waals surface area contributed by atoms with Crippen molar-refractivity contribution >= 4 is 5.71 Å². The van der Waals surface area contributed by atoms with Gasteiger partial charge < -0.3 is 0 Å². The first-order valence-electron chi connectivity index (χ1n) is 6.99. The second-order valence-electron chi connectivity index (χ2n) is 4.73. The molecule has 0 amide bonds. The Bertz CT molecular complexity index is 693. The molecule has 0 saturated heterocycles. The number of nitrogens with one attached hydrogen (secondary N) is 1. The summed E-state index contributed by atoms with van der Waals surface area (Å²) in [6.07, 6.45) is 0. The number of nitrogens with zero attached hydrogens (tertiary/aromatic N) is 3. The van der Waals surface area contributed by atoms with Gasteiger partial charge in [-0.1, -0.05) is 60.7 Å². The van der Waals surface area contributed by atoms with Gasteiger partial charge in [-0.05, 0) is 11.1 Å². The van der Waals surface area contributed by atoms with Crippen LogP contribution in [-0.2, 0) is 13.1 Å². The number of nitriles is 2. The zero-order valence-electron chi connectivity index (χ0n) is 12.1. The van der Waals surface area contributed by atoms with Crippen molar-refractivity contribution in [2.45, 2.75) is 19.1 Å². The minimum Gasteiger partial charge on any atom is -0.292 e. The summed E-state index contributed by atoms with van der Waals surface area (Å²) in [4.78, 5) is 4.27. The third kappa shape index (κ3) is 4.56. The largest absolute Gasteiger partial charge is 0.292 e. The average Bonchev–Trinajstić information content (AvgIpc) is 2.59. The van der Waals surface area contributed by atoms with E-state index in [0.717, 1.165) is 11.1 Å².